The maximum atomic E-state index is 13.0. The first-order chi connectivity index (χ1) is 14.8. The summed E-state index contributed by atoms with van der Waals surface area (Å²) in [4.78, 5) is 17.3. The zero-order valence-corrected chi connectivity index (χ0v) is 19.2. The van der Waals surface area contributed by atoms with Gasteiger partial charge in [0.15, 0.2) is 10.8 Å². The summed E-state index contributed by atoms with van der Waals surface area (Å²) in [6.07, 6.45) is 2.90. The fourth-order valence-electron chi connectivity index (χ4n) is 3.56. The van der Waals surface area contributed by atoms with Crippen LogP contribution in [0.25, 0.3) is 10.8 Å². The Morgan fingerprint density at radius 2 is 1.94 bits per heavy atom. The van der Waals surface area contributed by atoms with Crippen molar-refractivity contribution in [2.45, 2.75) is 44.4 Å². The van der Waals surface area contributed by atoms with E-state index in [0.29, 0.717) is 30.2 Å². The van der Waals surface area contributed by atoms with E-state index in [1.807, 2.05) is 31.4 Å². The highest BCUT2D eigenvalue weighted by molar-refractivity contribution is 7.89. The number of carbonyl (C=O) groups is 1. The average molecular weight is 460 g/mol. The fraction of sp³-hybridized carbons (Fsp3) is 0.364. The van der Waals surface area contributed by atoms with Crippen molar-refractivity contribution in [2.24, 2.45) is 0 Å². The normalized spacial score (nSPS) is 15.2. The van der Waals surface area contributed by atoms with Gasteiger partial charge in [-0.05, 0) is 56.5 Å². The molecule has 0 spiro atoms. The second-order valence-corrected chi connectivity index (χ2v) is 10.5. The molecule has 0 radical (unpaired) electrons. The molecule has 164 valence electrons. The van der Waals surface area contributed by atoms with E-state index >= 15 is 0 Å². The molecule has 0 saturated carbocycles. The zero-order chi connectivity index (χ0) is 22.0. The van der Waals surface area contributed by atoms with E-state index in [4.69, 9.17) is 4.42 Å². The van der Waals surface area contributed by atoms with Crippen molar-refractivity contribution in [1.29, 1.82) is 0 Å². The molecular weight excluding hydrogens is 434 g/mol. The molecule has 31 heavy (non-hydrogen) atoms. The monoisotopic (exact) mass is 459 g/mol. The van der Waals surface area contributed by atoms with Gasteiger partial charge in [0.2, 0.25) is 15.9 Å². The predicted molar refractivity (Wildman–Crippen MR) is 121 cm³/mol. The van der Waals surface area contributed by atoms with Gasteiger partial charge >= 0.3 is 0 Å². The van der Waals surface area contributed by atoms with E-state index < -0.39 is 10.0 Å². The SMILES string of the molecule is Cc1ccc(-c2nc(CC(=O)Nc3cc(S(=O)(=O)N4CCCCC4)ccc3C)cs2)o1. The Balaban J connectivity index is 1.47. The topological polar surface area (TPSA) is 92.5 Å². The molecule has 9 heteroatoms. The number of piperidine rings is 1. The van der Waals surface area contributed by atoms with Crippen molar-refractivity contribution in [1.82, 2.24) is 9.29 Å². The van der Waals surface area contributed by atoms with Crippen LogP contribution in [0.5, 0.6) is 0 Å². The van der Waals surface area contributed by atoms with Crippen molar-refractivity contribution in [3.63, 3.8) is 0 Å². The minimum absolute atomic E-state index is 0.0960. The maximum Gasteiger partial charge on any atom is 0.243 e. The number of carbonyl (C=O) groups excluding carboxylic acids is 1. The molecule has 0 atom stereocenters. The summed E-state index contributed by atoms with van der Waals surface area (Å²) in [5.74, 6) is 1.24. The van der Waals surface area contributed by atoms with E-state index in [9.17, 15) is 13.2 Å². The minimum atomic E-state index is -3.56. The Labute approximate surface area is 186 Å². The quantitative estimate of drug-likeness (QED) is 0.591. The highest BCUT2D eigenvalue weighted by Crippen LogP contribution is 2.27. The van der Waals surface area contributed by atoms with Gasteiger partial charge < -0.3 is 9.73 Å². The summed E-state index contributed by atoms with van der Waals surface area (Å²) in [5, 5.41) is 5.40. The molecule has 1 saturated heterocycles. The first-order valence-corrected chi connectivity index (χ1v) is 12.6. The predicted octanol–water partition coefficient (Wildman–Crippen LogP) is 4.38. The molecule has 1 amide bonds. The summed E-state index contributed by atoms with van der Waals surface area (Å²) in [6.45, 7) is 4.79. The number of rotatable bonds is 6. The molecule has 0 aliphatic carbocycles. The molecule has 1 N–H and O–H groups in total. The molecule has 2 aromatic heterocycles. The second-order valence-electron chi connectivity index (χ2n) is 7.72. The maximum absolute atomic E-state index is 13.0. The third-order valence-corrected chi connectivity index (χ3v) is 8.08. The first-order valence-electron chi connectivity index (χ1n) is 10.2. The Kier molecular flexibility index (Phi) is 6.27. The average Bonchev–Trinajstić information content (AvgIpc) is 3.39. The number of aromatic nitrogens is 1. The molecule has 4 rings (SSSR count). The number of nitrogens with zero attached hydrogens (tertiary/aromatic N) is 2. The van der Waals surface area contributed by atoms with Crippen LogP contribution in [0.15, 0.2) is 45.0 Å². The van der Waals surface area contributed by atoms with Crippen LogP contribution in [0.4, 0.5) is 5.69 Å². The second kappa shape index (κ2) is 8.94. The standard InChI is InChI=1S/C22H25N3O4S2/c1-15-6-8-18(31(27,28)25-10-4-3-5-11-25)13-19(15)24-21(26)12-17-14-30-22(23-17)20-9-7-16(2)29-20/h6-9,13-14H,3-5,10-12H2,1-2H3,(H,24,26). The number of benzene rings is 1. The molecule has 1 aliphatic heterocycles. The van der Waals surface area contributed by atoms with Crippen molar-refractivity contribution < 1.29 is 17.6 Å². The molecule has 7 nitrogen and oxygen atoms in total. The molecule has 1 aromatic carbocycles. The third-order valence-electron chi connectivity index (χ3n) is 5.28. The first kappa shape index (κ1) is 21.7. The van der Waals surface area contributed by atoms with E-state index in [1.165, 1.54) is 15.6 Å². The van der Waals surface area contributed by atoms with Crippen LogP contribution >= 0.6 is 11.3 Å². The van der Waals surface area contributed by atoms with Crippen LogP contribution in [-0.2, 0) is 21.2 Å². The zero-order valence-electron chi connectivity index (χ0n) is 17.6. The number of hydrogen-bond acceptors (Lipinski definition) is 6. The van der Waals surface area contributed by atoms with Gasteiger partial charge in [-0.2, -0.15) is 4.31 Å². The lowest BCUT2D eigenvalue weighted by atomic mass is 10.2. The number of hydrogen-bond donors (Lipinski definition) is 1. The number of anilines is 1. The molecule has 3 aromatic rings. The van der Waals surface area contributed by atoms with Crippen LogP contribution in [0.3, 0.4) is 0 Å². The lowest BCUT2D eigenvalue weighted by Gasteiger charge is -2.26. The van der Waals surface area contributed by atoms with Crippen LogP contribution < -0.4 is 5.32 Å². The van der Waals surface area contributed by atoms with Crippen LogP contribution in [0, 0.1) is 13.8 Å². The van der Waals surface area contributed by atoms with Gasteiger partial charge in [0.1, 0.15) is 5.76 Å². The molecular formula is C22H25N3O4S2. The van der Waals surface area contributed by atoms with Gasteiger partial charge in [-0.15, -0.1) is 11.3 Å². The largest absolute Gasteiger partial charge is 0.459 e. The van der Waals surface area contributed by atoms with Crippen molar-refractivity contribution >= 4 is 33.0 Å². The summed E-state index contributed by atoms with van der Waals surface area (Å²) in [6, 6.07) is 8.61. The van der Waals surface area contributed by atoms with E-state index in [1.54, 1.807) is 18.2 Å². The Bertz CT molecular complexity index is 1190. The highest BCUT2D eigenvalue weighted by atomic mass is 32.2. The number of thiazole rings is 1. The number of aryl methyl sites for hydroxylation is 2. The van der Waals surface area contributed by atoms with E-state index in [2.05, 4.69) is 10.3 Å². The van der Waals surface area contributed by atoms with Gasteiger partial charge in [-0.1, -0.05) is 12.5 Å². The summed E-state index contributed by atoms with van der Waals surface area (Å²) >= 11 is 1.42. The summed E-state index contributed by atoms with van der Waals surface area (Å²) in [7, 11) is -3.56. The Morgan fingerprint density at radius 1 is 1.16 bits per heavy atom. The summed E-state index contributed by atoms with van der Waals surface area (Å²) in [5.41, 5.74) is 1.94. The Morgan fingerprint density at radius 3 is 2.65 bits per heavy atom. The lowest BCUT2D eigenvalue weighted by molar-refractivity contribution is -0.115. The number of sulfonamides is 1. The summed E-state index contributed by atoms with van der Waals surface area (Å²) < 4.78 is 33.0. The molecule has 0 unspecified atom stereocenters. The van der Waals surface area contributed by atoms with Crippen LogP contribution in [0.2, 0.25) is 0 Å². The van der Waals surface area contributed by atoms with E-state index in [-0.39, 0.29) is 17.2 Å². The van der Waals surface area contributed by atoms with Gasteiger partial charge in [-0.3, -0.25) is 4.79 Å². The van der Waals surface area contributed by atoms with E-state index in [0.717, 1.165) is 35.6 Å². The van der Waals surface area contributed by atoms with Crippen LogP contribution in [0.1, 0.15) is 36.3 Å². The fourth-order valence-corrected chi connectivity index (χ4v) is 5.88. The highest BCUT2D eigenvalue weighted by Gasteiger charge is 2.26. The third kappa shape index (κ3) is 4.89. The Hall–Kier alpha value is -2.49. The van der Waals surface area contributed by atoms with Crippen molar-refractivity contribution in [3.05, 3.63) is 52.7 Å². The van der Waals surface area contributed by atoms with Crippen molar-refractivity contribution in [3.8, 4) is 10.8 Å². The molecule has 3 heterocycles. The van der Waals surface area contributed by atoms with Gasteiger partial charge in [0.25, 0.3) is 0 Å². The van der Waals surface area contributed by atoms with Gasteiger partial charge in [-0.25, -0.2) is 13.4 Å². The number of nitrogens with one attached hydrogen (secondary N) is 1. The van der Waals surface area contributed by atoms with Crippen molar-refractivity contribution in [2.75, 3.05) is 18.4 Å². The number of furan rings is 1. The number of amides is 1. The minimum Gasteiger partial charge on any atom is -0.459 e. The van der Waals surface area contributed by atoms with Gasteiger partial charge in [0, 0.05) is 24.2 Å². The molecule has 0 bridgehead atoms. The lowest BCUT2D eigenvalue weighted by Crippen LogP contribution is -2.35. The smallest absolute Gasteiger partial charge is 0.243 e. The van der Waals surface area contributed by atoms with Crippen LogP contribution in [-0.4, -0.2) is 36.7 Å². The van der Waals surface area contributed by atoms with Gasteiger partial charge in [0.05, 0.1) is 17.0 Å². The molecule has 1 fully saturated rings. The molecule has 1 aliphatic rings.